The summed E-state index contributed by atoms with van der Waals surface area (Å²) in [6.45, 7) is 3.88. The van der Waals surface area contributed by atoms with Crippen molar-refractivity contribution in [2.24, 2.45) is 4.99 Å². The van der Waals surface area contributed by atoms with Gasteiger partial charge in [-0.3, -0.25) is 5.70 Å². The van der Waals surface area contributed by atoms with Crippen molar-refractivity contribution in [1.82, 2.24) is 0 Å². The quantitative estimate of drug-likeness (QED) is 0.584. The Hall–Kier alpha value is 0.422. The van der Waals surface area contributed by atoms with Crippen molar-refractivity contribution in [2.45, 2.75) is 26.7 Å². The molecule has 0 atom stereocenters. The maximum absolute atomic E-state index is 8.45. The first kappa shape index (κ1) is 14.0. The summed E-state index contributed by atoms with van der Waals surface area (Å²) < 4.78 is 0. The first-order valence-corrected chi connectivity index (χ1v) is 3.49. The molecule has 0 unspecified atom stereocenters. The fourth-order valence-corrected chi connectivity index (χ4v) is 0.509. The van der Waals surface area contributed by atoms with Crippen LogP contribution in [0.1, 0.15) is 26.7 Å². The molecular weight excluding hydrogens is 364 g/mol. The van der Waals surface area contributed by atoms with Crippen molar-refractivity contribution < 1.29 is 36.2 Å². The van der Waals surface area contributed by atoms with Crippen LogP contribution in [0.25, 0.3) is 0 Å². The molecule has 0 radical (unpaired) electrons. The molecule has 0 aliphatic heterocycles. The fourth-order valence-electron chi connectivity index (χ4n) is 0.509. The summed E-state index contributed by atoms with van der Waals surface area (Å²) in [6.07, 6.45) is 7.11. The van der Waals surface area contributed by atoms with Gasteiger partial charge < -0.3 is 16.2 Å². The molecule has 1 N–H and O–H groups in total. The van der Waals surface area contributed by atoms with Crippen LogP contribution in [0.4, 0.5) is 0 Å². The third-order valence-electron chi connectivity index (χ3n) is 0.990. The van der Waals surface area contributed by atoms with Gasteiger partial charge in [0, 0.05) is 0 Å². The second kappa shape index (κ2) is 10.4. The van der Waals surface area contributed by atoms with E-state index in [1.54, 1.807) is 0 Å². The molecule has 0 heterocycles. The van der Waals surface area contributed by atoms with Crippen molar-refractivity contribution in [2.75, 3.05) is 6.61 Å². The Kier molecular flexibility index (Phi) is 13.2. The SMILES string of the molecule is CC[C-]=NC(=[C-]CO)CC.[U+2]. The van der Waals surface area contributed by atoms with E-state index in [-0.39, 0.29) is 37.7 Å². The number of aliphatic hydroxyl groups excluding tert-OH is 1. The van der Waals surface area contributed by atoms with Crippen LogP contribution >= 0.6 is 0 Å². The van der Waals surface area contributed by atoms with Crippen LogP contribution in [0.15, 0.2) is 10.7 Å². The number of nitrogens with zero attached hydrogens (tertiary/aromatic N) is 1. The normalized spacial score (nSPS) is 11.7. The van der Waals surface area contributed by atoms with E-state index in [1.807, 2.05) is 13.8 Å². The smallest absolute Gasteiger partial charge is 0.554 e. The minimum Gasteiger partial charge on any atom is -0.554 e. The summed E-state index contributed by atoms with van der Waals surface area (Å²) in [7, 11) is 0. The molecule has 0 bridgehead atoms. The van der Waals surface area contributed by atoms with Crippen LogP contribution in [-0.4, -0.2) is 17.9 Å². The molecule has 2 nitrogen and oxygen atoms in total. The molecule has 0 saturated heterocycles. The van der Waals surface area contributed by atoms with E-state index in [2.05, 4.69) is 17.3 Å². The molecule has 0 rings (SSSR count). The molecule has 0 amide bonds. The Labute approximate surface area is 92.2 Å². The zero-order chi connectivity index (χ0) is 7.82. The van der Waals surface area contributed by atoms with Crippen molar-refractivity contribution in [1.29, 1.82) is 0 Å². The predicted molar refractivity (Wildman–Crippen MR) is 41.9 cm³/mol. The number of allylic oxidation sites excluding steroid dienone is 1. The number of aliphatic hydroxyl groups is 1. The Morgan fingerprint density at radius 3 is 2.45 bits per heavy atom. The third-order valence-corrected chi connectivity index (χ3v) is 0.990. The molecule has 0 aliphatic carbocycles. The molecule has 11 heavy (non-hydrogen) atoms. The van der Waals surface area contributed by atoms with E-state index >= 15 is 0 Å². The summed E-state index contributed by atoms with van der Waals surface area (Å²) >= 11 is 0. The zero-order valence-corrected chi connectivity index (χ0v) is 11.2. The summed E-state index contributed by atoms with van der Waals surface area (Å²) in [4.78, 5) is 3.95. The summed E-state index contributed by atoms with van der Waals surface area (Å²) in [6, 6.07) is 0. The van der Waals surface area contributed by atoms with Gasteiger partial charge >= 0.3 is 31.1 Å². The topological polar surface area (TPSA) is 32.6 Å². The van der Waals surface area contributed by atoms with E-state index < -0.39 is 0 Å². The van der Waals surface area contributed by atoms with Gasteiger partial charge in [0.15, 0.2) is 0 Å². The number of rotatable bonds is 4. The van der Waals surface area contributed by atoms with Crippen LogP contribution in [0.2, 0.25) is 0 Å². The van der Waals surface area contributed by atoms with Gasteiger partial charge in [0.2, 0.25) is 0 Å². The first-order valence-electron chi connectivity index (χ1n) is 3.49. The average Bonchev–Trinajstić information content (AvgIpc) is 1.98. The molecule has 0 spiro atoms. The Bertz CT molecular complexity index is 132. The molecular formula is C8H13NOU. The number of hydrogen-bond acceptors (Lipinski definition) is 2. The van der Waals surface area contributed by atoms with Crippen LogP contribution in [0.3, 0.4) is 0 Å². The van der Waals surface area contributed by atoms with Crippen LogP contribution in [-0.2, 0) is 0 Å². The molecule has 0 fully saturated rings. The van der Waals surface area contributed by atoms with Gasteiger partial charge in [-0.05, 0) is 0 Å². The second-order valence-corrected chi connectivity index (χ2v) is 1.76. The Morgan fingerprint density at radius 2 is 2.09 bits per heavy atom. The van der Waals surface area contributed by atoms with Gasteiger partial charge in [0.25, 0.3) is 0 Å². The second-order valence-electron chi connectivity index (χ2n) is 1.76. The Morgan fingerprint density at radius 1 is 1.45 bits per heavy atom. The van der Waals surface area contributed by atoms with Crippen molar-refractivity contribution in [3.8, 4) is 0 Å². The van der Waals surface area contributed by atoms with Crippen molar-refractivity contribution in [3.63, 3.8) is 0 Å². The molecule has 0 aliphatic rings. The molecule has 60 valence electrons. The monoisotopic (exact) mass is 377 g/mol. The third kappa shape index (κ3) is 8.33. The maximum Gasteiger partial charge on any atom is 2.00 e. The van der Waals surface area contributed by atoms with E-state index in [0.717, 1.165) is 18.5 Å². The van der Waals surface area contributed by atoms with E-state index in [4.69, 9.17) is 5.11 Å². The van der Waals surface area contributed by atoms with E-state index in [9.17, 15) is 0 Å². The van der Waals surface area contributed by atoms with E-state index in [0.29, 0.717) is 0 Å². The van der Waals surface area contributed by atoms with Crippen LogP contribution in [0.5, 0.6) is 0 Å². The van der Waals surface area contributed by atoms with E-state index in [1.165, 1.54) is 0 Å². The van der Waals surface area contributed by atoms with Crippen molar-refractivity contribution >= 4 is 6.21 Å². The average molecular weight is 377 g/mol. The molecule has 0 saturated carbocycles. The van der Waals surface area contributed by atoms with Gasteiger partial charge in [0.05, 0.1) is 0 Å². The largest absolute Gasteiger partial charge is 2.00 e. The standard InChI is InChI=1S/C8H13NO.U/c1-3-6-9-8(4-2)5-7-10;/h10H,3-4,7H2,1-2H3;/q-2;+2. The van der Waals surface area contributed by atoms with Gasteiger partial charge in [0.1, 0.15) is 0 Å². The summed E-state index contributed by atoms with van der Waals surface area (Å²) in [5, 5.41) is 8.45. The van der Waals surface area contributed by atoms with Crippen molar-refractivity contribution in [3.05, 3.63) is 11.8 Å². The van der Waals surface area contributed by atoms with Gasteiger partial charge in [-0.1, -0.05) is 20.3 Å². The number of aliphatic imine (C=N–C) groups is 1. The van der Waals surface area contributed by atoms with Crippen LogP contribution in [0, 0.1) is 37.2 Å². The minimum atomic E-state index is -0.0575. The Balaban J connectivity index is 0. The van der Waals surface area contributed by atoms with Gasteiger partial charge in [-0.2, -0.15) is 6.21 Å². The first-order chi connectivity index (χ1) is 4.85. The van der Waals surface area contributed by atoms with Gasteiger partial charge in [-0.25, -0.2) is 0 Å². The zero-order valence-electron chi connectivity index (χ0n) is 7.02. The molecule has 3 heteroatoms. The molecule has 0 aromatic carbocycles. The summed E-state index contributed by atoms with van der Waals surface area (Å²) in [5.41, 5.74) is 0.782. The number of hydrogen-bond donors (Lipinski definition) is 1. The predicted octanol–water partition coefficient (Wildman–Crippen LogP) is 1.43. The maximum atomic E-state index is 8.45. The molecule has 0 aromatic rings. The minimum absolute atomic E-state index is 0. The van der Waals surface area contributed by atoms with Gasteiger partial charge in [-0.15, -0.1) is 13.0 Å². The molecule has 0 aromatic heterocycles. The summed E-state index contributed by atoms with van der Waals surface area (Å²) in [5.74, 6) is 0. The fraction of sp³-hybridized carbons (Fsp3) is 0.625. The van der Waals surface area contributed by atoms with Crippen LogP contribution < -0.4 is 0 Å².